The van der Waals surface area contributed by atoms with E-state index in [9.17, 15) is 0 Å². The Morgan fingerprint density at radius 3 is 0.840 bits per heavy atom. The van der Waals surface area contributed by atoms with Crippen LogP contribution in [0.5, 0.6) is 0 Å². The third-order valence-corrected chi connectivity index (χ3v) is 32.6. The Morgan fingerprint density at radius 2 is 0.568 bits per heavy atom. The van der Waals surface area contributed by atoms with E-state index in [4.69, 9.17) is 55.6 Å². The third kappa shape index (κ3) is 47.3. The summed E-state index contributed by atoms with van der Waals surface area (Å²) in [5.41, 5.74) is 2.31. The Kier molecular flexibility index (Phi) is 70.5. The van der Waals surface area contributed by atoms with E-state index in [1.165, 1.54) is 5.56 Å². The minimum absolute atomic E-state index is 0. The van der Waals surface area contributed by atoms with Gasteiger partial charge in [0.25, 0.3) is 0 Å². The molecule has 0 radical (unpaired) electrons. The minimum Gasteiger partial charge on any atom is -0.414 e. The van der Waals surface area contributed by atoms with Gasteiger partial charge in [-0.15, -0.1) is 0 Å². The van der Waals surface area contributed by atoms with Gasteiger partial charge in [-0.05, 0) is 83.7 Å². The second-order valence-corrected chi connectivity index (χ2v) is 43.6. The van der Waals surface area contributed by atoms with Crippen molar-refractivity contribution in [1.29, 1.82) is 0 Å². The van der Waals surface area contributed by atoms with E-state index in [1.54, 1.807) is 0 Å². The maximum atomic E-state index is 6.29. The van der Waals surface area contributed by atoms with Crippen molar-refractivity contribution < 1.29 is 55.6 Å². The molecule has 1 aromatic carbocycles. The van der Waals surface area contributed by atoms with Crippen molar-refractivity contribution in [2.24, 2.45) is 0 Å². The van der Waals surface area contributed by atoms with Crippen LogP contribution in [0.1, 0.15) is 183 Å². The fourth-order valence-corrected chi connectivity index (χ4v) is 9.51. The van der Waals surface area contributed by atoms with Gasteiger partial charge in [-0.2, -0.15) is 0 Å². The molecule has 1 rings (SSSR count). The predicted molar refractivity (Wildman–Crippen MR) is 375 cm³/mol. The zero-order chi connectivity index (χ0) is 52.5. The van der Waals surface area contributed by atoms with E-state index in [0.717, 1.165) is 18.7 Å². The zero-order valence-electron chi connectivity index (χ0n) is 48.0. The standard InChI is InChI=1S/C52H107NO12Si4.12CH4/c1-49(2,3)66(13,14)62-35-29-56-41-47(42-57-30-36-63-67(15,16)50(4,5)6)60-33-27-54-26-25-53-39-45-21-23-46(24-22-45)40-55-28-34-61-48(43-58-31-37-64-68(17,18)51(7,8)9)44-59-32-38-65-69(19,20)52(10,11)12;;;;;;;;;;;;/h21-24,47-48,53H,25-44H2,1-20H3;12*1H4. The number of ether oxygens (including phenoxy) is 8. The first-order valence-electron chi connectivity index (χ1n) is 25.9. The van der Waals surface area contributed by atoms with E-state index < -0.39 is 33.3 Å². The first kappa shape index (κ1) is 108. The van der Waals surface area contributed by atoms with Crippen LogP contribution in [-0.2, 0) is 68.8 Å². The van der Waals surface area contributed by atoms with Crippen LogP contribution in [0.15, 0.2) is 24.3 Å². The van der Waals surface area contributed by atoms with E-state index in [0.29, 0.717) is 119 Å². The molecule has 1 aromatic rings. The topological polar surface area (TPSA) is 123 Å². The summed E-state index contributed by atoms with van der Waals surface area (Å²) in [6.45, 7) is 55.6. The van der Waals surface area contributed by atoms with Crippen molar-refractivity contribution in [1.82, 2.24) is 5.32 Å². The van der Waals surface area contributed by atoms with Gasteiger partial charge < -0.3 is 60.9 Å². The molecule has 0 bridgehead atoms. The van der Waals surface area contributed by atoms with Crippen molar-refractivity contribution in [2.45, 2.75) is 270 Å². The van der Waals surface area contributed by atoms with Gasteiger partial charge in [0.15, 0.2) is 33.3 Å². The number of benzene rings is 1. The van der Waals surface area contributed by atoms with Crippen LogP contribution >= 0.6 is 0 Å². The van der Waals surface area contributed by atoms with E-state index in [2.05, 4.69) is 165 Å². The highest BCUT2D eigenvalue weighted by Gasteiger charge is 2.39. The summed E-state index contributed by atoms with van der Waals surface area (Å²) in [5.74, 6) is 0. The second-order valence-electron chi connectivity index (χ2n) is 24.4. The van der Waals surface area contributed by atoms with Gasteiger partial charge in [-0.25, -0.2) is 0 Å². The molecule has 1 N–H and O–H groups in total. The molecule has 0 unspecified atom stereocenters. The lowest BCUT2D eigenvalue weighted by atomic mass is 10.1. The molecule has 0 heterocycles. The van der Waals surface area contributed by atoms with E-state index in [-0.39, 0.29) is 121 Å². The summed E-state index contributed by atoms with van der Waals surface area (Å²) in [4.78, 5) is 0. The van der Waals surface area contributed by atoms with Crippen LogP contribution < -0.4 is 5.32 Å². The number of nitrogens with one attached hydrogen (secondary N) is 1. The Balaban J connectivity index is -0.000000397. The summed E-state index contributed by atoms with van der Waals surface area (Å²) in [6, 6.07) is 8.49. The van der Waals surface area contributed by atoms with Gasteiger partial charge >= 0.3 is 0 Å². The maximum Gasteiger partial charge on any atom is 0.192 e. The summed E-state index contributed by atoms with van der Waals surface area (Å²) >= 11 is 0. The molecule has 0 aliphatic carbocycles. The molecule has 13 nitrogen and oxygen atoms in total. The first-order valence-corrected chi connectivity index (χ1v) is 37.5. The monoisotopic (exact) mass is 1240 g/mol. The van der Waals surface area contributed by atoms with Crippen LogP contribution in [0.25, 0.3) is 0 Å². The largest absolute Gasteiger partial charge is 0.414 e. The van der Waals surface area contributed by atoms with Crippen molar-refractivity contribution in [3.8, 4) is 0 Å². The molecule has 17 heteroatoms. The highest BCUT2D eigenvalue weighted by atomic mass is 28.4. The molecule has 0 saturated heterocycles. The molecule has 0 spiro atoms. The number of hydrogen-bond acceptors (Lipinski definition) is 13. The Morgan fingerprint density at radius 1 is 0.321 bits per heavy atom. The maximum absolute atomic E-state index is 6.29. The smallest absolute Gasteiger partial charge is 0.192 e. The lowest BCUT2D eigenvalue weighted by Crippen LogP contribution is -2.42. The molecule has 0 atom stereocenters. The Bertz CT molecular complexity index is 1390. The van der Waals surface area contributed by atoms with Gasteiger partial charge in [-0.3, -0.25) is 0 Å². The molecule has 504 valence electrons. The highest BCUT2D eigenvalue weighted by Crippen LogP contribution is 2.39. The SMILES string of the molecule is C.C.C.C.C.C.C.C.C.C.C.C.CC(C)(C)[Si](C)(C)OCCOCC(COCCO[Si](C)(C)C(C)(C)C)OCCOCCNCc1ccc(COCCOC(COCCO[Si](C)(C)C(C)(C)C)COCCO[Si](C)(C)C(C)(C)C)cc1. The van der Waals surface area contributed by atoms with Crippen molar-refractivity contribution >= 4 is 33.3 Å². The van der Waals surface area contributed by atoms with Gasteiger partial charge in [0.05, 0.1) is 119 Å². The fraction of sp³-hybridized carbons (Fsp3) is 0.906. The average molecular weight is 1240 g/mol. The molecule has 0 aromatic heterocycles. The Labute approximate surface area is 516 Å². The van der Waals surface area contributed by atoms with Gasteiger partial charge in [0.2, 0.25) is 0 Å². The summed E-state index contributed by atoms with van der Waals surface area (Å²) < 4.78 is 73.5. The van der Waals surface area contributed by atoms with Crippen LogP contribution in [0.4, 0.5) is 0 Å². The predicted octanol–water partition coefficient (Wildman–Crippen LogP) is 18.9. The summed E-state index contributed by atoms with van der Waals surface area (Å²) in [6.07, 6.45) is -0.418. The average Bonchev–Trinajstić information content (AvgIpc) is 3.22. The minimum atomic E-state index is -1.82. The van der Waals surface area contributed by atoms with E-state index >= 15 is 0 Å². The molecular weight excluding hydrogens is 1090 g/mol. The van der Waals surface area contributed by atoms with E-state index in [1.807, 2.05) is 0 Å². The van der Waals surface area contributed by atoms with Crippen LogP contribution in [0, 0.1) is 0 Å². The van der Waals surface area contributed by atoms with Gasteiger partial charge in [0.1, 0.15) is 12.2 Å². The first-order chi connectivity index (χ1) is 31.8. The number of hydrogen-bond donors (Lipinski definition) is 1. The van der Waals surface area contributed by atoms with Crippen molar-refractivity contribution in [3.63, 3.8) is 0 Å². The van der Waals surface area contributed by atoms with Crippen LogP contribution in [0.3, 0.4) is 0 Å². The van der Waals surface area contributed by atoms with Crippen LogP contribution in [-0.4, -0.2) is 164 Å². The third-order valence-electron chi connectivity index (χ3n) is 14.4. The van der Waals surface area contributed by atoms with Crippen molar-refractivity contribution in [3.05, 3.63) is 35.4 Å². The molecule has 81 heavy (non-hydrogen) atoms. The zero-order valence-corrected chi connectivity index (χ0v) is 52.0. The number of rotatable bonds is 39. The highest BCUT2D eigenvalue weighted by molar-refractivity contribution is 6.75. The van der Waals surface area contributed by atoms with Crippen LogP contribution in [0.2, 0.25) is 72.5 Å². The lowest BCUT2D eigenvalue weighted by molar-refractivity contribution is -0.0790. The van der Waals surface area contributed by atoms with Gasteiger partial charge in [0, 0.05) is 13.1 Å². The lowest BCUT2D eigenvalue weighted by Gasteiger charge is -2.36. The molecule has 0 aliphatic heterocycles. The van der Waals surface area contributed by atoms with Crippen molar-refractivity contribution in [2.75, 3.05) is 119 Å². The molecular formula is C64H155NO12Si4. The quantitative estimate of drug-likeness (QED) is 0.0497. The summed E-state index contributed by atoms with van der Waals surface area (Å²) in [7, 11) is -7.28. The molecule has 0 fully saturated rings. The molecule has 0 saturated carbocycles. The normalized spacial score (nSPS) is 11.9. The van der Waals surface area contributed by atoms with Gasteiger partial charge in [-0.1, -0.05) is 196 Å². The molecule has 0 aliphatic rings. The second kappa shape index (κ2) is 52.7. The Hall–Kier alpha value is -0.432. The fourth-order valence-electron chi connectivity index (χ4n) is 5.41. The summed E-state index contributed by atoms with van der Waals surface area (Å²) in [5, 5.41) is 4.13. The molecule has 0 amide bonds.